The fraction of sp³-hybridized carbons (Fsp3) is 0.385. The molecule has 0 N–H and O–H groups in total. The van der Waals surface area contributed by atoms with Crippen LogP contribution < -0.4 is 4.74 Å². The van der Waals surface area contributed by atoms with Crippen LogP contribution >= 0.6 is 0 Å². The van der Waals surface area contributed by atoms with Gasteiger partial charge in [0.05, 0.1) is 26.4 Å². The Hall–Kier alpha value is -1.84. The third-order valence-electron chi connectivity index (χ3n) is 2.31. The second kappa shape index (κ2) is 6.68. The van der Waals surface area contributed by atoms with Crippen LogP contribution in [0.4, 0.5) is 0 Å². The zero-order valence-electron chi connectivity index (χ0n) is 10.4. The maximum Gasteiger partial charge on any atom is 0.311 e. The highest BCUT2D eigenvalue weighted by atomic mass is 16.5. The molecule has 0 heterocycles. The second-order valence-electron chi connectivity index (χ2n) is 3.40. The predicted molar refractivity (Wildman–Crippen MR) is 66.7 cm³/mol. The molecule has 1 rings (SSSR count). The molecule has 0 aliphatic carbocycles. The summed E-state index contributed by atoms with van der Waals surface area (Å²) in [6.45, 7) is 2.57. The largest absolute Gasteiger partial charge is 0.497 e. The highest BCUT2D eigenvalue weighted by molar-refractivity contribution is 6.09. The number of nitrogens with zero attached hydrogens (tertiary/aromatic N) is 1. The molecular formula is C13H17NO3. The molecule has 0 fully saturated rings. The van der Waals surface area contributed by atoms with E-state index >= 15 is 0 Å². The Balaban J connectivity index is 2.89. The lowest BCUT2D eigenvalue weighted by atomic mass is 10.1. The number of methoxy groups -OCH3 is 2. The van der Waals surface area contributed by atoms with Gasteiger partial charge in [-0.3, -0.25) is 9.79 Å². The normalized spacial score (nSPS) is 11.1. The first-order valence-corrected chi connectivity index (χ1v) is 5.45. The molecule has 0 spiro atoms. The van der Waals surface area contributed by atoms with Crippen molar-refractivity contribution in [3.63, 3.8) is 0 Å². The molecule has 0 unspecified atom stereocenters. The van der Waals surface area contributed by atoms with Crippen LogP contribution in [-0.2, 0) is 9.53 Å². The lowest BCUT2D eigenvalue weighted by Crippen LogP contribution is -2.11. The number of esters is 1. The second-order valence-corrected chi connectivity index (χ2v) is 3.40. The van der Waals surface area contributed by atoms with E-state index in [1.807, 2.05) is 31.2 Å². The van der Waals surface area contributed by atoms with E-state index in [-0.39, 0.29) is 12.4 Å². The molecular weight excluding hydrogens is 218 g/mol. The Labute approximate surface area is 101 Å². The lowest BCUT2D eigenvalue weighted by Gasteiger charge is -2.06. The molecule has 0 saturated carbocycles. The quantitative estimate of drug-likeness (QED) is 0.580. The summed E-state index contributed by atoms with van der Waals surface area (Å²) in [6.07, 6.45) is 0.191. The third-order valence-corrected chi connectivity index (χ3v) is 2.31. The first-order valence-electron chi connectivity index (χ1n) is 5.45. The minimum absolute atomic E-state index is 0.191. The minimum Gasteiger partial charge on any atom is -0.497 e. The maximum absolute atomic E-state index is 11.3. The van der Waals surface area contributed by atoms with Gasteiger partial charge in [-0.2, -0.15) is 0 Å². The molecule has 4 nitrogen and oxygen atoms in total. The fourth-order valence-electron chi connectivity index (χ4n) is 1.43. The Kier molecular flexibility index (Phi) is 5.20. The van der Waals surface area contributed by atoms with Crippen molar-refractivity contribution in [3.8, 4) is 5.75 Å². The van der Waals surface area contributed by atoms with Gasteiger partial charge in [0.2, 0.25) is 0 Å². The highest BCUT2D eigenvalue weighted by Gasteiger charge is 2.09. The van der Waals surface area contributed by atoms with Gasteiger partial charge < -0.3 is 9.47 Å². The van der Waals surface area contributed by atoms with E-state index in [2.05, 4.69) is 9.73 Å². The molecule has 1 aromatic rings. The van der Waals surface area contributed by atoms with Crippen LogP contribution in [-0.4, -0.2) is 32.4 Å². The first-order chi connectivity index (χ1) is 8.21. The number of benzene rings is 1. The van der Waals surface area contributed by atoms with Crippen molar-refractivity contribution < 1.29 is 14.3 Å². The van der Waals surface area contributed by atoms with Gasteiger partial charge >= 0.3 is 5.97 Å². The van der Waals surface area contributed by atoms with Gasteiger partial charge in [0.1, 0.15) is 5.75 Å². The summed E-state index contributed by atoms with van der Waals surface area (Å²) in [6, 6.07) is 7.46. The van der Waals surface area contributed by atoms with Crippen LogP contribution in [0.3, 0.4) is 0 Å². The van der Waals surface area contributed by atoms with Crippen LogP contribution in [0, 0.1) is 0 Å². The van der Waals surface area contributed by atoms with Crippen molar-refractivity contribution in [2.45, 2.75) is 13.3 Å². The third kappa shape index (κ3) is 3.90. The number of ether oxygens (including phenoxy) is 2. The average Bonchev–Trinajstić information content (AvgIpc) is 2.38. The Morgan fingerprint density at radius 1 is 1.24 bits per heavy atom. The topological polar surface area (TPSA) is 47.9 Å². The van der Waals surface area contributed by atoms with Gasteiger partial charge in [0.15, 0.2) is 0 Å². The summed E-state index contributed by atoms with van der Waals surface area (Å²) < 4.78 is 9.73. The zero-order chi connectivity index (χ0) is 12.7. The maximum atomic E-state index is 11.3. The molecule has 0 bridgehead atoms. The van der Waals surface area contributed by atoms with Gasteiger partial charge in [-0.25, -0.2) is 0 Å². The van der Waals surface area contributed by atoms with Crippen LogP contribution in [0.5, 0.6) is 5.75 Å². The summed E-state index contributed by atoms with van der Waals surface area (Å²) in [5.74, 6) is 0.496. The summed E-state index contributed by atoms with van der Waals surface area (Å²) in [7, 11) is 2.99. The van der Waals surface area contributed by atoms with Gasteiger partial charge in [-0.05, 0) is 36.8 Å². The number of rotatable bonds is 5. The van der Waals surface area contributed by atoms with Crippen molar-refractivity contribution >= 4 is 11.7 Å². The Morgan fingerprint density at radius 2 is 1.88 bits per heavy atom. The molecule has 0 saturated heterocycles. The van der Waals surface area contributed by atoms with E-state index < -0.39 is 0 Å². The minimum atomic E-state index is -0.284. The number of carbonyl (C=O) groups is 1. The van der Waals surface area contributed by atoms with E-state index in [9.17, 15) is 4.79 Å². The van der Waals surface area contributed by atoms with E-state index in [0.717, 1.165) is 17.0 Å². The summed E-state index contributed by atoms with van der Waals surface area (Å²) in [4.78, 5) is 15.6. The van der Waals surface area contributed by atoms with Gasteiger partial charge in [-0.1, -0.05) is 0 Å². The highest BCUT2D eigenvalue weighted by Crippen LogP contribution is 2.13. The van der Waals surface area contributed by atoms with E-state index in [1.165, 1.54) is 7.11 Å². The summed E-state index contributed by atoms with van der Waals surface area (Å²) in [5, 5.41) is 0. The number of hydrogen-bond acceptors (Lipinski definition) is 4. The predicted octanol–water partition coefficient (Wildman–Crippen LogP) is 2.07. The molecule has 0 amide bonds. The smallest absolute Gasteiger partial charge is 0.311 e. The van der Waals surface area contributed by atoms with Crippen LogP contribution in [0.2, 0.25) is 0 Å². The van der Waals surface area contributed by atoms with Crippen molar-refractivity contribution in [1.82, 2.24) is 0 Å². The Morgan fingerprint density at radius 3 is 2.35 bits per heavy atom. The molecule has 0 aliphatic rings. The number of carbonyl (C=O) groups excluding carboxylic acids is 1. The molecule has 92 valence electrons. The van der Waals surface area contributed by atoms with Crippen LogP contribution in [0.15, 0.2) is 29.3 Å². The number of aliphatic imine (C=N–C) groups is 1. The SMILES string of the molecule is CCN=C(CC(=O)OC)c1ccc(OC)cc1. The van der Waals surface area contributed by atoms with Crippen molar-refractivity contribution in [3.05, 3.63) is 29.8 Å². The van der Waals surface area contributed by atoms with Crippen molar-refractivity contribution in [2.75, 3.05) is 20.8 Å². The summed E-state index contributed by atoms with van der Waals surface area (Å²) >= 11 is 0. The summed E-state index contributed by atoms with van der Waals surface area (Å²) in [5.41, 5.74) is 1.65. The molecule has 17 heavy (non-hydrogen) atoms. The van der Waals surface area contributed by atoms with Crippen LogP contribution in [0.1, 0.15) is 18.9 Å². The fourth-order valence-corrected chi connectivity index (χ4v) is 1.43. The number of hydrogen-bond donors (Lipinski definition) is 0. The molecule has 0 aliphatic heterocycles. The molecule has 4 heteroatoms. The van der Waals surface area contributed by atoms with Crippen molar-refractivity contribution in [1.29, 1.82) is 0 Å². The molecule has 1 aromatic carbocycles. The molecule has 0 radical (unpaired) electrons. The lowest BCUT2D eigenvalue weighted by molar-refractivity contribution is -0.139. The molecule has 0 atom stereocenters. The Bertz CT molecular complexity index is 396. The van der Waals surface area contributed by atoms with Gasteiger partial charge in [0.25, 0.3) is 0 Å². The van der Waals surface area contributed by atoms with E-state index in [0.29, 0.717) is 6.54 Å². The standard InChI is InChI=1S/C13H17NO3/c1-4-14-12(9-13(15)17-3)10-5-7-11(16-2)8-6-10/h5-8H,4,9H2,1-3H3. The first kappa shape index (κ1) is 13.2. The van der Waals surface area contributed by atoms with Crippen LogP contribution in [0.25, 0.3) is 0 Å². The monoisotopic (exact) mass is 235 g/mol. The van der Waals surface area contributed by atoms with E-state index in [4.69, 9.17) is 4.74 Å². The van der Waals surface area contributed by atoms with Gasteiger partial charge in [-0.15, -0.1) is 0 Å². The average molecular weight is 235 g/mol. The molecule has 0 aromatic heterocycles. The van der Waals surface area contributed by atoms with E-state index in [1.54, 1.807) is 7.11 Å². The zero-order valence-corrected chi connectivity index (χ0v) is 10.4. The van der Waals surface area contributed by atoms with Gasteiger partial charge in [0, 0.05) is 6.54 Å². The van der Waals surface area contributed by atoms with Crippen molar-refractivity contribution in [2.24, 2.45) is 4.99 Å².